The van der Waals surface area contributed by atoms with Crippen LogP contribution in [-0.4, -0.2) is 6.71 Å². The first kappa shape index (κ1) is 33.9. The van der Waals surface area contributed by atoms with Crippen molar-refractivity contribution >= 4 is 57.2 Å². The molecule has 3 heteroatoms. The Hall–Kier alpha value is -7.36. The maximum atomic E-state index is 2.55. The van der Waals surface area contributed by atoms with Crippen LogP contribution in [0.15, 0.2) is 218 Å². The van der Waals surface area contributed by atoms with Gasteiger partial charge in [-0.15, -0.1) is 0 Å². The molecule has 0 amide bonds. The lowest BCUT2D eigenvalue weighted by molar-refractivity contribution is 1.24. The highest BCUT2D eigenvalue weighted by molar-refractivity contribution is 7.00. The van der Waals surface area contributed by atoms with Gasteiger partial charge in [0.15, 0.2) is 0 Å². The molecular formula is C55H39BN2. The largest absolute Gasteiger partial charge is 0.311 e. The van der Waals surface area contributed by atoms with Gasteiger partial charge in [-0.2, -0.15) is 0 Å². The summed E-state index contributed by atoms with van der Waals surface area (Å²) in [6, 6.07) is 80.1. The Labute approximate surface area is 341 Å². The van der Waals surface area contributed by atoms with Gasteiger partial charge in [0, 0.05) is 34.0 Å². The second-order valence-electron chi connectivity index (χ2n) is 15.4. The third-order valence-electron chi connectivity index (χ3n) is 11.9. The number of fused-ring (bicyclic) bond motifs is 4. The molecule has 272 valence electrons. The zero-order valence-corrected chi connectivity index (χ0v) is 32.3. The standard InChI is InChI=1S/C55H39BN2/c1-38-34-53-55-54(35-38)58(50-25-15-14-24-47(50)43-22-12-5-13-23-43)52-37-45(41-20-10-4-11-21-41)28-32-48(52)56(55)49-36-44(40-18-8-3-9-19-40)29-33-51(49)57(53)46-30-26-42(27-31-46)39-16-6-2-7-17-39/h2-37H,1H3. The number of para-hydroxylation sites is 1. The van der Waals surface area contributed by atoms with Crippen molar-refractivity contribution in [1.29, 1.82) is 0 Å². The van der Waals surface area contributed by atoms with E-state index in [1.165, 1.54) is 89.2 Å². The van der Waals surface area contributed by atoms with Crippen molar-refractivity contribution < 1.29 is 0 Å². The first-order chi connectivity index (χ1) is 28.7. The van der Waals surface area contributed by atoms with Crippen molar-refractivity contribution in [2.24, 2.45) is 0 Å². The van der Waals surface area contributed by atoms with Gasteiger partial charge in [0.25, 0.3) is 6.71 Å². The van der Waals surface area contributed by atoms with E-state index >= 15 is 0 Å². The van der Waals surface area contributed by atoms with E-state index in [0.717, 1.165) is 11.4 Å². The van der Waals surface area contributed by atoms with Gasteiger partial charge in [-0.1, -0.05) is 176 Å². The van der Waals surface area contributed by atoms with E-state index in [9.17, 15) is 0 Å². The fourth-order valence-corrected chi connectivity index (χ4v) is 9.26. The molecule has 0 atom stereocenters. The molecule has 9 aromatic rings. The summed E-state index contributed by atoms with van der Waals surface area (Å²) in [5.41, 5.74) is 21.9. The lowest BCUT2D eigenvalue weighted by Gasteiger charge is -2.45. The molecule has 0 saturated carbocycles. The van der Waals surface area contributed by atoms with E-state index in [4.69, 9.17) is 0 Å². The Balaban J connectivity index is 1.20. The van der Waals surface area contributed by atoms with Crippen molar-refractivity contribution in [3.63, 3.8) is 0 Å². The van der Waals surface area contributed by atoms with Gasteiger partial charge in [-0.25, -0.2) is 0 Å². The summed E-state index contributed by atoms with van der Waals surface area (Å²) in [5, 5.41) is 0. The molecule has 0 fully saturated rings. The average Bonchev–Trinajstić information content (AvgIpc) is 3.30. The SMILES string of the molecule is Cc1cc2c3c(c1)N(c1ccccc1-c1ccccc1)c1cc(-c4ccccc4)ccc1B3c1cc(-c3ccccc3)ccc1N2c1ccc(-c2ccccc2)cc1. The molecule has 2 aliphatic rings. The highest BCUT2D eigenvalue weighted by Crippen LogP contribution is 2.47. The van der Waals surface area contributed by atoms with Crippen LogP contribution in [0.25, 0.3) is 44.5 Å². The maximum Gasteiger partial charge on any atom is 0.252 e. The second-order valence-corrected chi connectivity index (χ2v) is 15.4. The van der Waals surface area contributed by atoms with Crippen molar-refractivity contribution in [2.75, 3.05) is 9.80 Å². The molecule has 0 aromatic heterocycles. The molecule has 58 heavy (non-hydrogen) atoms. The Morgan fingerprint density at radius 3 is 1.43 bits per heavy atom. The van der Waals surface area contributed by atoms with Crippen LogP contribution < -0.4 is 26.2 Å². The molecule has 0 saturated heterocycles. The quantitative estimate of drug-likeness (QED) is 0.157. The van der Waals surface area contributed by atoms with Gasteiger partial charge in [0.1, 0.15) is 0 Å². The molecule has 0 bridgehead atoms. The van der Waals surface area contributed by atoms with Gasteiger partial charge in [0.2, 0.25) is 0 Å². The van der Waals surface area contributed by atoms with E-state index < -0.39 is 0 Å². The maximum absolute atomic E-state index is 2.55. The number of hydrogen-bond acceptors (Lipinski definition) is 2. The summed E-state index contributed by atoms with van der Waals surface area (Å²) >= 11 is 0. The van der Waals surface area contributed by atoms with Crippen LogP contribution in [0.5, 0.6) is 0 Å². The van der Waals surface area contributed by atoms with Crippen LogP contribution in [0.2, 0.25) is 0 Å². The molecular weight excluding hydrogens is 699 g/mol. The number of benzene rings is 9. The number of anilines is 6. The average molecular weight is 739 g/mol. The van der Waals surface area contributed by atoms with Crippen LogP contribution >= 0.6 is 0 Å². The normalized spacial score (nSPS) is 12.5. The van der Waals surface area contributed by atoms with Gasteiger partial charge in [0.05, 0.1) is 5.69 Å². The van der Waals surface area contributed by atoms with E-state index in [1.54, 1.807) is 0 Å². The third kappa shape index (κ3) is 5.66. The highest BCUT2D eigenvalue weighted by Gasteiger charge is 2.44. The Morgan fingerprint density at radius 2 is 0.793 bits per heavy atom. The van der Waals surface area contributed by atoms with Gasteiger partial charge < -0.3 is 9.80 Å². The van der Waals surface area contributed by atoms with Crippen LogP contribution in [-0.2, 0) is 0 Å². The third-order valence-corrected chi connectivity index (χ3v) is 11.9. The number of rotatable bonds is 6. The highest BCUT2D eigenvalue weighted by atomic mass is 15.2. The van der Waals surface area contributed by atoms with Crippen molar-refractivity contribution in [3.05, 3.63) is 224 Å². The molecule has 2 aliphatic heterocycles. The minimum Gasteiger partial charge on any atom is -0.311 e. The summed E-state index contributed by atoms with van der Waals surface area (Å²) in [6.07, 6.45) is 0. The molecule has 11 rings (SSSR count). The van der Waals surface area contributed by atoms with Crippen LogP contribution in [0.4, 0.5) is 34.1 Å². The van der Waals surface area contributed by atoms with Crippen molar-refractivity contribution in [3.8, 4) is 44.5 Å². The molecule has 2 nitrogen and oxygen atoms in total. The van der Waals surface area contributed by atoms with E-state index in [1.807, 2.05) is 0 Å². The summed E-state index contributed by atoms with van der Waals surface area (Å²) in [5.74, 6) is 0. The summed E-state index contributed by atoms with van der Waals surface area (Å²) in [4.78, 5) is 5.06. The summed E-state index contributed by atoms with van der Waals surface area (Å²) < 4.78 is 0. The predicted octanol–water partition coefficient (Wildman–Crippen LogP) is 12.7. The van der Waals surface area contributed by atoms with Gasteiger partial charge in [-0.05, 0) is 110 Å². The smallest absolute Gasteiger partial charge is 0.252 e. The summed E-state index contributed by atoms with van der Waals surface area (Å²) in [6.45, 7) is 2.25. The van der Waals surface area contributed by atoms with E-state index in [2.05, 4.69) is 235 Å². The summed E-state index contributed by atoms with van der Waals surface area (Å²) in [7, 11) is 0. The molecule has 0 spiro atoms. The Kier molecular flexibility index (Phi) is 8.18. The molecule has 0 radical (unpaired) electrons. The lowest BCUT2D eigenvalue weighted by Crippen LogP contribution is -2.61. The Morgan fingerprint density at radius 1 is 0.310 bits per heavy atom. The monoisotopic (exact) mass is 738 g/mol. The molecule has 0 aliphatic carbocycles. The number of aryl methyl sites for hydroxylation is 1. The van der Waals surface area contributed by atoms with Crippen LogP contribution in [0.3, 0.4) is 0 Å². The zero-order chi connectivity index (χ0) is 38.6. The van der Waals surface area contributed by atoms with Crippen molar-refractivity contribution in [2.45, 2.75) is 6.92 Å². The van der Waals surface area contributed by atoms with E-state index in [-0.39, 0.29) is 6.71 Å². The topological polar surface area (TPSA) is 6.48 Å². The molecule has 9 aromatic carbocycles. The molecule has 0 N–H and O–H groups in total. The molecule has 2 heterocycles. The minimum atomic E-state index is 0.00376. The first-order valence-electron chi connectivity index (χ1n) is 20.1. The number of hydrogen-bond donors (Lipinski definition) is 0. The van der Waals surface area contributed by atoms with Gasteiger partial charge >= 0.3 is 0 Å². The van der Waals surface area contributed by atoms with Gasteiger partial charge in [-0.3, -0.25) is 0 Å². The fourth-order valence-electron chi connectivity index (χ4n) is 9.26. The Bertz CT molecular complexity index is 2940. The van der Waals surface area contributed by atoms with Crippen molar-refractivity contribution in [1.82, 2.24) is 0 Å². The zero-order valence-electron chi connectivity index (χ0n) is 32.3. The van der Waals surface area contributed by atoms with Crippen LogP contribution in [0, 0.1) is 6.92 Å². The fraction of sp³-hybridized carbons (Fsp3) is 0.0182. The lowest BCUT2D eigenvalue weighted by atomic mass is 9.33. The predicted molar refractivity (Wildman–Crippen MR) is 247 cm³/mol. The first-order valence-corrected chi connectivity index (χ1v) is 20.1. The second kappa shape index (κ2) is 14.0. The number of nitrogens with zero attached hydrogens (tertiary/aromatic N) is 2. The van der Waals surface area contributed by atoms with E-state index in [0.29, 0.717) is 0 Å². The molecule has 0 unspecified atom stereocenters. The minimum absolute atomic E-state index is 0.00376. The van der Waals surface area contributed by atoms with Crippen LogP contribution in [0.1, 0.15) is 5.56 Å².